The topological polar surface area (TPSA) is 111 Å². The van der Waals surface area contributed by atoms with E-state index in [1.165, 1.54) is 11.8 Å². The van der Waals surface area contributed by atoms with Crippen LogP contribution in [0.4, 0.5) is 0 Å². The smallest absolute Gasteiger partial charge is 0.237 e. The van der Waals surface area contributed by atoms with Gasteiger partial charge in [-0.25, -0.2) is 0 Å². The van der Waals surface area contributed by atoms with Gasteiger partial charge in [0.05, 0.1) is 17.5 Å². The molecule has 2 aliphatic rings. The molecule has 5 N–H and O–H groups in total. The number of alkyl halides is 1. The molecule has 0 spiro atoms. The minimum atomic E-state index is -1.36. The number of piperidine rings is 1. The maximum Gasteiger partial charge on any atom is 0.237 e. The fraction of sp³-hybridized carbons (Fsp3) is 0.941. The van der Waals surface area contributed by atoms with Crippen molar-refractivity contribution in [1.82, 2.24) is 10.6 Å². The summed E-state index contributed by atoms with van der Waals surface area (Å²) in [5.41, 5.74) is -0.703. The van der Waals surface area contributed by atoms with Gasteiger partial charge in [0.1, 0.15) is 29.9 Å². The van der Waals surface area contributed by atoms with Crippen LogP contribution in [0.1, 0.15) is 39.5 Å². The van der Waals surface area contributed by atoms with Gasteiger partial charge in [-0.05, 0) is 38.9 Å². The van der Waals surface area contributed by atoms with Gasteiger partial charge in [-0.1, -0.05) is 6.92 Å². The molecule has 7 unspecified atom stereocenters. The van der Waals surface area contributed by atoms with Crippen molar-refractivity contribution in [3.8, 4) is 0 Å². The molecular weight excluding hydrogens is 380 g/mol. The third kappa shape index (κ3) is 5.04. The first-order chi connectivity index (χ1) is 12.3. The van der Waals surface area contributed by atoms with Crippen molar-refractivity contribution >= 4 is 29.3 Å². The Hall–Kier alpha value is -0.0900. The highest BCUT2D eigenvalue weighted by atomic mass is 35.5. The van der Waals surface area contributed by atoms with Crippen LogP contribution in [0.25, 0.3) is 0 Å². The molecule has 2 heterocycles. The predicted octanol–water partition coefficient (Wildman–Crippen LogP) is 0.190. The SMILES string of the molecule is CC[C@H]1CCC[C@@H](C(=O)NC(C(C)Cl)C2OC(SC)C(O)C(O)C2O)N1. The number of thioether (sulfide) groups is 1. The molecule has 2 rings (SSSR count). The van der Waals surface area contributed by atoms with Crippen molar-refractivity contribution < 1.29 is 24.9 Å². The number of carbonyl (C=O) groups is 1. The number of ether oxygens (including phenoxy) is 1. The second kappa shape index (κ2) is 9.91. The molecule has 0 aromatic carbocycles. The first kappa shape index (κ1) is 22.2. The van der Waals surface area contributed by atoms with Gasteiger partial charge in [0.2, 0.25) is 5.91 Å². The molecule has 0 aromatic rings. The van der Waals surface area contributed by atoms with Crippen LogP contribution < -0.4 is 10.6 Å². The van der Waals surface area contributed by atoms with Crippen LogP contribution in [-0.4, -0.2) is 80.8 Å². The molecule has 0 saturated carbocycles. The standard InChI is InChI=1S/C17H31ClN2O5S/c1-4-9-6-5-7-10(19-9)16(24)20-11(8(2)18)15-13(22)12(21)14(23)17(25-15)26-3/h8-15,17,19,21-23H,4-7H2,1-3H3,(H,20,24)/t8?,9-,10-,11?,12?,13?,14?,15?,17?/m0/s1. The van der Waals surface area contributed by atoms with Gasteiger partial charge in [0, 0.05) is 6.04 Å². The van der Waals surface area contributed by atoms with Crippen molar-refractivity contribution in [2.45, 2.75) is 92.9 Å². The third-order valence-corrected chi connectivity index (χ3v) is 6.41. The largest absolute Gasteiger partial charge is 0.388 e. The molecule has 2 fully saturated rings. The highest BCUT2D eigenvalue weighted by Gasteiger charge is 2.48. The Bertz CT molecular complexity index is 470. The summed E-state index contributed by atoms with van der Waals surface area (Å²) in [5, 5.41) is 36.2. The van der Waals surface area contributed by atoms with Crippen LogP contribution in [0, 0.1) is 0 Å². The number of carbonyl (C=O) groups excluding carboxylic acids is 1. The van der Waals surface area contributed by atoms with Gasteiger partial charge in [-0.3, -0.25) is 4.79 Å². The number of hydrogen-bond acceptors (Lipinski definition) is 7. The number of rotatable bonds is 6. The lowest BCUT2D eigenvalue weighted by atomic mass is 9.92. The zero-order chi connectivity index (χ0) is 19.4. The Balaban J connectivity index is 2.09. The highest BCUT2D eigenvalue weighted by molar-refractivity contribution is 7.99. The highest BCUT2D eigenvalue weighted by Crippen LogP contribution is 2.30. The van der Waals surface area contributed by atoms with E-state index in [-0.39, 0.29) is 11.9 Å². The molecule has 2 saturated heterocycles. The van der Waals surface area contributed by atoms with E-state index in [1.807, 2.05) is 0 Å². The van der Waals surface area contributed by atoms with Crippen molar-refractivity contribution in [2.24, 2.45) is 0 Å². The summed E-state index contributed by atoms with van der Waals surface area (Å²) in [7, 11) is 0. The normalized spacial score (nSPS) is 40.7. The van der Waals surface area contributed by atoms with E-state index in [0.29, 0.717) is 6.04 Å². The van der Waals surface area contributed by atoms with Crippen LogP contribution in [0.3, 0.4) is 0 Å². The lowest BCUT2D eigenvalue weighted by Gasteiger charge is -2.44. The second-order valence-electron chi connectivity index (χ2n) is 7.14. The molecule has 0 aliphatic carbocycles. The maximum atomic E-state index is 12.7. The number of halogens is 1. The Labute approximate surface area is 164 Å². The molecule has 1 amide bonds. The summed E-state index contributed by atoms with van der Waals surface area (Å²) in [5.74, 6) is -0.183. The summed E-state index contributed by atoms with van der Waals surface area (Å²) in [6.45, 7) is 3.79. The molecule has 9 atom stereocenters. The summed E-state index contributed by atoms with van der Waals surface area (Å²) in [4.78, 5) is 12.7. The van der Waals surface area contributed by atoms with Gasteiger partial charge in [0.15, 0.2) is 0 Å². The molecule has 152 valence electrons. The number of aliphatic hydroxyl groups is 3. The first-order valence-corrected chi connectivity index (χ1v) is 11.0. The van der Waals surface area contributed by atoms with Crippen molar-refractivity contribution in [3.05, 3.63) is 0 Å². The average Bonchev–Trinajstić information content (AvgIpc) is 2.64. The predicted molar refractivity (Wildman–Crippen MR) is 102 cm³/mol. The van der Waals surface area contributed by atoms with Gasteiger partial charge >= 0.3 is 0 Å². The Kier molecular flexibility index (Phi) is 8.46. The zero-order valence-corrected chi connectivity index (χ0v) is 17.0. The van der Waals surface area contributed by atoms with Crippen molar-refractivity contribution in [2.75, 3.05) is 6.26 Å². The van der Waals surface area contributed by atoms with Crippen LogP contribution in [-0.2, 0) is 9.53 Å². The Morgan fingerprint density at radius 2 is 2.00 bits per heavy atom. The molecule has 26 heavy (non-hydrogen) atoms. The average molecular weight is 411 g/mol. The monoisotopic (exact) mass is 410 g/mol. The molecule has 9 heteroatoms. The number of amides is 1. The third-order valence-electron chi connectivity index (χ3n) is 5.29. The summed E-state index contributed by atoms with van der Waals surface area (Å²) >= 11 is 7.51. The van der Waals surface area contributed by atoms with Gasteiger partial charge in [0.25, 0.3) is 0 Å². The fourth-order valence-electron chi connectivity index (χ4n) is 3.64. The van der Waals surface area contributed by atoms with E-state index < -0.39 is 41.3 Å². The van der Waals surface area contributed by atoms with E-state index in [4.69, 9.17) is 16.3 Å². The Morgan fingerprint density at radius 1 is 1.31 bits per heavy atom. The second-order valence-corrected chi connectivity index (χ2v) is 8.77. The van der Waals surface area contributed by atoms with E-state index in [0.717, 1.165) is 25.7 Å². The van der Waals surface area contributed by atoms with Crippen LogP contribution >= 0.6 is 23.4 Å². The first-order valence-electron chi connectivity index (χ1n) is 9.23. The minimum Gasteiger partial charge on any atom is -0.388 e. The summed E-state index contributed by atoms with van der Waals surface area (Å²) < 4.78 is 5.77. The quantitative estimate of drug-likeness (QED) is 0.397. The van der Waals surface area contributed by atoms with E-state index >= 15 is 0 Å². The van der Waals surface area contributed by atoms with Crippen LogP contribution in [0.2, 0.25) is 0 Å². The van der Waals surface area contributed by atoms with E-state index in [9.17, 15) is 20.1 Å². The van der Waals surface area contributed by atoms with Gasteiger partial charge < -0.3 is 30.7 Å². The molecule has 7 nitrogen and oxygen atoms in total. The number of hydrogen-bond donors (Lipinski definition) is 5. The van der Waals surface area contributed by atoms with Crippen molar-refractivity contribution in [1.29, 1.82) is 0 Å². The minimum absolute atomic E-state index is 0.183. The molecule has 0 bridgehead atoms. The zero-order valence-electron chi connectivity index (χ0n) is 15.5. The van der Waals surface area contributed by atoms with Gasteiger partial charge in [-0.2, -0.15) is 0 Å². The van der Waals surface area contributed by atoms with Crippen LogP contribution in [0.5, 0.6) is 0 Å². The molecular formula is C17H31ClN2O5S. The number of aliphatic hydroxyl groups excluding tert-OH is 3. The summed E-state index contributed by atoms with van der Waals surface area (Å²) in [6, 6.07) is -0.681. The fourth-order valence-corrected chi connectivity index (χ4v) is 4.52. The summed E-state index contributed by atoms with van der Waals surface area (Å²) in [6.07, 6.45) is 0.658. The van der Waals surface area contributed by atoms with E-state index in [2.05, 4.69) is 17.6 Å². The molecule has 0 aromatic heterocycles. The maximum absolute atomic E-state index is 12.7. The Morgan fingerprint density at radius 3 is 2.58 bits per heavy atom. The lowest BCUT2D eigenvalue weighted by Crippen LogP contribution is -2.65. The van der Waals surface area contributed by atoms with E-state index in [1.54, 1.807) is 13.2 Å². The number of nitrogens with one attached hydrogen (secondary N) is 2. The van der Waals surface area contributed by atoms with Crippen LogP contribution in [0.15, 0.2) is 0 Å². The molecule has 0 radical (unpaired) electrons. The lowest BCUT2D eigenvalue weighted by molar-refractivity contribution is -0.205. The van der Waals surface area contributed by atoms with Gasteiger partial charge in [-0.15, -0.1) is 23.4 Å². The molecule has 2 aliphatic heterocycles. The van der Waals surface area contributed by atoms with Crippen molar-refractivity contribution in [3.63, 3.8) is 0 Å².